The van der Waals surface area contributed by atoms with Gasteiger partial charge in [-0.05, 0) is 30.3 Å². The third kappa shape index (κ3) is 4.98. The standard InChI is InChI=1S/C20H23N3O4/c1-25-17-6-3-15(18(13-17)26-2)4-8-20(24)22-16-5-7-19(21-14-16)23-9-11-27-12-10-23/h3-8,13-14H,9-12H2,1-2H3,(H,22,24)/b8-4+. The summed E-state index contributed by atoms with van der Waals surface area (Å²) in [5, 5.41) is 2.81. The predicted octanol–water partition coefficient (Wildman–Crippen LogP) is 2.59. The van der Waals surface area contributed by atoms with Crippen molar-refractivity contribution >= 4 is 23.5 Å². The molecular weight excluding hydrogens is 346 g/mol. The van der Waals surface area contributed by atoms with Crippen LogP contribution in [-0.2, 0) is 9.53 Å². The second-order valence-electron chi connectivity index (χ2n) is 5.93. The molecule has 0 radical (unpaired) electrons. The molecule has 2 heterocycles. The van der Waals surface area contributed by atoms with Gasteiger partial charge in [-0.15, -0.1) is 0 Å². The molecule has 7 nitrogen and oxygen atoms in total. The first-order chi connectivity index (χ1) is 13.2. The molecule has 0 saturated carbocycles. The molecule has 0 atom stereocenters. The monoisotopic (exact) mass is 369 g/mol. The molecule has 1 aliphatic rings. The number of aromatic nitrogens is 1. The van der Waals surface area contributed by atoms with Gasteiger partial charge in [0.2, 0.25) is 5.91 Å². The van der Waals surface area contributed by atoms with Gasteiger partial charge in [-0.1, -0.05) is 0 Å². The fourth-order valence-corrected chi connectivity index (χ4v) is 2.75. The topological polar surface area (TPSA) is 72.9 Å². The Balaban J connectivity index is 1.61. The van der Waals surface area contributed by atoms with Gasteiger partial charge in [0, 0.05) is 30.8 Å². The van der Waals surface area contributed by atoms with Crippen molar-refractivity contribution in [3.05, 3.63) is 48.2 Å². The number of hydrogen-bond acceptors (Lipinski definition) is 6. The minimum Gasteiger partial charge on any atom is -0.497 e. The van der Waals surface area contributed by atoms with Crippen LogP contribution in [0.5, 0.6) is 11.5 Å². The Bertz CT molecular complexity index is 799. The number of carbonyl (C=O) groups excluding carboxylic acids is 1. The smallest absolute Gasteiger partial charge is 0.248 e. The number of carbonyl (C=O) groups is 1. The molecule has 1 amide bonds. The minimum atomic E-state index is -0.242. The Labute approximate surface area is 158 Å². The van der Waals surface area contributed by atoms with E-state index in [-0.39, 0.29) is 5.91 Å². The van der Waals surface area contributed by atoms with E-state index in [4.69, 9.17) is 14.2 Å². The molecule has 3 rings (SSSR count). The highest BCUT2D eigenvalue weighted by Crippen LogP contribution is 2.25. The van der Waals surface area contributed by atoms with E-state index in [1.165, 1.54) is 6.08 Å². The summed E-state index contributed by atoms with van der Waals surface area (Å²) in [5.41, 5.74) is 1.43. The number of anilines is 2. The summed E-state index contributed by atoms with van der Waals surface area (Å²) in [5.74, 6) is 1.97. The van der Waals surface area contributed by atoms with Gasteiger partial charge in [0.1, 0.15) is 17.3 Å². The molecule has 2 aromatic rings. The molecule has 1 aromatic heterocycles. The van der Waals surface area contributed by atoms with E-state index in [0.29, 0.717) is 30.4 Å². The first kappa shape index (κ1) is 18.7. The van der Waals surface area contributed by atoms with Gasteiger partial charge in [0.15, 0.2) is 0 Å². The van der Waals surface area contributed by atoms with Crippen LogP contribution in [0.4, 0.5) is 11.5 Å². The Hall–Kier alpha value is -3.06. The van der Waals surface area contributed by atoms with E-state index < -0.39 is 0 Å². The number of nitrogens with zero attached hydrogens (tertiary/aromatic N) is 2. The van der Waals surface area contributed by atoms with E-state index in [9.17, 15) is 4.79 Å². The number of benzene rings is 1. The number of nitrogens with one attached hydrogen (secondary N) is 1. The van der Waals surface area contributed by atoms with Crippen LogP contribution in [0.2, 0.25) is 0 Å². The fraction of sp³-hybridized carbons (Fsp3) is 0.300. The first-order valence-corrected chi connectivity index (χ1v) is 8.69. The number of rotatable bonds is 6. The molecular formula is C20H23N3O4. The van der Waals surface area contributed by atoms with Crippen molar-refractivity contribution in [2.24, 2.45) is 0 Å². The van der Waals surface area contributed by atoms with Crippen molar-refractivity contribution in [2.75, 3.05) is 50.7 Å². The number of pyridine rings is 1. The van der Waals surface area contributed by atoms with E-state index >= 15 is 0 Å². The Morgan fingerprint density at radius 3 is 2.67 bits per heavy atom. The van der Waals surface area contributed by atoms with Crippen LogP contribution >= 0.6 is 0 Å². The van der Waals surface area contributed by atoms with Crippen molar-refractivity contribution in [3.8, 4) is 11.5 Å². The van der Waals surface area contributed by atoms with Crippen molar-refractivity contribution < 1.29 is 19.0 Å². The van der Waals surface area contributed by atoms with Crippen molar-refractivity contribution in [2.45, 2.75) is 0 Å². The highest BCUT2D eigenvalue weighted by Gasteiger charge is 2.12. The summed E-state index contributed by atoms with van der Waals surface area (Å²) in [6, 6.07) is 9.16. The molecule has 1 aliphatic heterocycles. The van der Waals surface area contributed by atoms with Crippen LogP contribution in [-0.4, -0.2) is 51.4 Å². The SMILES string of the molecule is COc1ccc(/C=C/C(=O)Nc2ccc(N3CCOCC3)nc2)c(OC)c1. The number of ether oxygens (including phenoxy) is 3. The van der Waals surface area contributed by atoms with Gasteiger partial charge in [-0.25, -0.2) is 4.98 Å². The zero-order chi connectivity index (χ0) is 19.1. The summed E-state index contributed by atoms with van der Waals surface area (Å²) in [6.07, 6.45) is 4.81. The lowest BCUT2D eigenvalue weighted by atomic mass is 10.1. The molecule has 7 heteroatoms. The zero-order valence-corrected chi connectivity index (χ0v) is 15.5. The number of hydrogen-bond donors (Lipinski definition) is 1. The maximum absolute atomic E-state index is 12.2. The molecule has 142 valence electrons. The van der Waals surface area contributed by atoms with E-state index in [2.05, 4.69) is 15.2 Å². The quantitative estimate of drug-likeness (QED) is 0.789. The van der Waals surface area contributed by atoms with Crippen LogP contribution in [0.25, 0.3) is 6.08 Å². The van der Waals surface area contributed by atoms with Gasteiger partial charge in [0.05, 0.1) is 39.3 Å². The summed E-state index contributed by atoms with van der Waals surface area (Å²) in [4.78, 5) is 18.8. The molecule has 1 aromatic carbocycles. The average molecular weight is 369 g/mol. The zero-order valence-electron chi connectivity index (χ0n) is 15.5. The second-order valence-corrected chi connectivity index (χ2v) is 5.93. The first-order valence-electron chi connectivity index (χ1n) is 8.69. The molecule has 0 spiro atoms. The van der Waals surface area contributed by atoms with Crippen molar-refractivity contribution in [1.29, 1.82) is 0 Å². The van der Waals surface area contributed by atoms with E-state index in [1.807, 2.05) is 24.3 Å². The third-order valence-electron chi connectivity index (χ3n) is 4.21. The van der Waals surface area contributed by atoms with Gasteiger partial charge >= 0.3 is 0 Å². The van der Waals surface area contributed by atoms with E-state index in [0.717, 1.165) is 24.5 Å². The molecule has 0 aliphatic carbocycles. The van der Waals surface area contributed by atoms with Crippen molar-refractivity contribution in [1.82, 2.24) is 4.98 Å². The Morgan fingerprint density at radius 2 is 2.00 bits per heavy atom. The lowest BCUT2D eigenvalue weighted by Gasteiger charge is -2.27. The van der Waals surface area contributed by atoms with Crippen LogP contribution < -0.4 is 19.7 Å². The maximum atomic E-state index is 12.2. The van der Waals surface area contributed by atoms with Gasteiger partial charge in [-0.3, -0.25) is 4.79 Å². The summed E-state index contributed by atoms with van der Waals surface area (Å²) in [6.45, 7) is 3.07. The van der Waals surface area contributed by atoms with Crippen LogP contribution in [0, 0.1) is 0 Å². The predicted molar refractivity (Wildman–Crippen MR) is 104 cm³/mol. The molecule has 1 N–H and O–H groups in total. The number of morpholine rings is 1. The Kier molecular flexibility index (Phi) is 6.27. The molecule has 0 bridgehead atoms. The minimum absolute atomic E-state index is 0.242. The van der Waals surface area contributed by atoms with Gasteiger partial charge in [-0.2, -0.15) is 0 Å². The fourth-order valence-electron chi connectivity index (χ4n) is 2.75. The Morgan fingerprint density at radius 1 is 1.19 bits per heavy atom. The van der Waals surface area contributed by atoms with Crippen LogP contribution in [0.15, 0.2) is 42.6 Å². The van der Waals surface area contributed by atoms with Crippen molar-refractivity contribution in [3.63, 3.8) is 0 Å². The van der Waals surface area contributed by atoms with Gasteiger partial charge in [0.25, 0.3) is 0 Å². The lowest BCUT2D eigenvalue weighted by molar-refractivity contribution is -0.111. The molecule has 0 unspecified atom stereocenters. The highest BCUT2D eigenvalue weighted by atomic mass is 16.5. The average Bonchev–Trinajstić information content (AvgIpc) is 2.73. The molecule has 1 fully saturated rings. The third-order valence-corrected chi connectivity index (χ3v) is 4.21. The molecule has 1 saturated heterocycles. The lowest BCUT2D eigenvalue weighted by Crippen LogP contribution is -2.36. The van der Waals surface area contributed by atoms with E-state index in [1.54, 1.807) is 32.6 Å². The van der Waals surface area contributed by atoms with Gasteiger partial charge < -0.3 is 24.4 Å². The second kappa shape index (κ2) is 9.05. The highest BCUT2D eigenvalue weighted by molar-refractivity contribution is 6.02. The number of amides is 1. The molecule has 27 heavy (non-hydrogen) atoms. The number of methoxy groups -OCH3 is 2. The largest absolute Gasteiger partial charge is 0.497 e. The van der Waals surface area contributed by atoms with Crippen LogP contribution in [0.1, 0.15) is 5.56 Å². The maximum Gasteiger partial charge on any atom is 0.248 e. The summed E-state index contributed by atoms with van der Waals surface area (Å²) in [7, 11) is 3.17. The normalized spacial score (nSPS) is 14.2. The van der Waals surface area contributed by atoms with Crippen LogP contribution in [0.3, 0.4) is 0 Å². The summed E-state index contributed by atoms with van der Waals surface area (Å²) < 4.78 is 15.8. The summed E-state index contributed by atoms with van der Waals surface area (Å²) >= 11 is 0.